The van der Waals surface area contributed by atoms with E-state index < -0.39 is 16.1 Å². The summed E-state index contributed by atoms with van der Waals surface area (Å²) in [5.74, 6) is 0.291. The van der Waals surface area contributed by atoms with Crippen LogP contribution in [0.4, 0.5) is 0 Å². The van der Waals surface area contributed by atoms with Gasteiger partial charge in [-0.25, -0.2) is 4.79 Å². The first-order chi connectivity index (χ1) is 15.2. The van der Waals surface area contributed by atoms with E-state index in [-0.39, 0.29) is 11.3 Å². The molecule has 0 aliphatic heterocycles. The molecule has 0 aliphatic carbocycles. The quantitative estimate of drug-likeness (QED) is 0.272. The van der Waals surface area contributed by atoms with Gasteiger partial charge in [0.05, 0.1) is 26.6 Å². The van der Waals surface area contributed by atoms with Gasteiger partial charge in [-0.1, -0.05) is 18.2 Å². The summed E-state index contributed by atoms with van der Waals surface area (Å²) in [6, 6.07) is 11.9. The Kier molecular flexibility index (Phi) is 9.55. The van der Waals surface area contributed by atoms with E-state index in [1.54, 1.807) is 48.5 Å². The molecule has 0 aliphatic rings. The van der Waals surface area contributed by atoms with Crippen molar-refractivity contribution in [1.29, 1.82) is 0 Å². The Morgan fingerprint density at radius 3 is 2.38 bits per heavy atom. The Balaban J connectivity index is 2.00. The Hall–Kier alpha value is -3.04. The Bertz CT molecular complexity index is 1030. The predicted molar refractivity (Wildman–Crippen MR) is 121 cm³/mol. The third-order valence-electron chi connectivity index (χ3n) is 4.34. The molecule has 0 radical (unpaired) electrons. The molecule has 0 fully saturated rings. The molecule has 0 saturated heterocycles. The van der Waals surface area contributed by atoms with Crippen molar-refractivity contribution in [1.82, 2.24) is 0 Å². The SMILES string of the molecule is CCOCCC(=Cc1ccc(OCCc2ccc(OS(C)(=O)=O)cc2)c(OC)c1)C(=O)O. The molecule has 8 nitrogen and oxygen atoms in total. The zero-order valence-corrected chi connectivity index (χ0v) is 19.2. The number of ether oxygens (including phenoxy) is 3. The van der Waals surface area contributed by atoms with Gasteiger partial charge in [0, 0.05) is 25.0 Å². The van der Waals surface area contributed by atoms with E-state index in [4.69, 9.17) is 18.4 Å². The van der Waals surface area contributed by atoms with Gasteiger partial charge in [-0.3, -0.25) is 0 Å². The molecule has 0 heterocycles. The minimum absolute atomic E-state index is 0.248. The van der Waals surface area contributed by atoms with Gasteiger partial charge in [-0.05, 0) is 48.4 Å². The van der Waals surface area contributed by atoms with Crippen LogP contribution in [0, 0.1) is 0 Å². The molecule has 0 spiro atoms. The minimum atomic E-state index is -3.55. The van der Waals surface area contributed by atoms with Crippen LogP contribution in [-0.2, 0) is 26.1 Å². The fourth-order valence-corrected chi connectivity index (χ4v) is 3.29. The highest BCUT2D eigenvalue weighted by atomic mass is 32.2. The molecule has 2 aromatic carbocycles. The third-order valence-corrected chi connectivity index (χ3v) is 4.84. The van der Waals surface area contributed by atoms with Crippen molar-refractivity contribution in [3.05, 3.63) is 59.2 Å². The van der Waals surface area contributed by atoms with E-state index in [2.05, 4.69) is 0 Å². The van der Waals surface area contributed by atoms with Crippen molar-refractivity contribution in [2.24, 2.45) is 0 Å². The molecule has 0 amide bonds. The minimum Gasteiger partial charge on any atom is -0.493 e. The predicted octanol–water partition coefficient (Wildman–Crippen LogP) is 3.55. The number of hydrogen-bond acceptors (Lipinski definition) is 7. The zero-order valence-electron chi connectivity index (χ0n) is 18.4. The van der Waals surface area contributed by atoms with Gasteiger partial charge in [0.2, 0.25) is 0 Å². The molecule has 2 aromatic rings. The van der Waals surface area contributed by atoms with E-state index >= 15 is 0 Å². The number of rotatable bonds is 13. The van der Waals surface area contributed by atoms with Crippen molar-refractivity contribution in [2.45, 2.75) is 19.8 Å². The fraction of sp³-hybridized carbons (Fsp3) is 0.348. The van der Waals surface area contributed by atoms with E-state index in [0.717, 1.165) is 11.8 Å². The lowest BCUT2D eigenvalue weighted by Crippen LogP contribution is -2.06. The summed E-state index contributed by atoms with van der Waals surface area (Å²) in [6.07, 6.45) is 3.47. The van der Waals surface area contributed by atoms with Gasteiger partial charge < -0.3 is 23.5 Å². The second-order valence-corrected chi connectivity index (χ2v) is 8.44. The lowest BCUT2D eigenvalue weighted by atomic mass is 10.1. The molecular weight excluding hydrogens is 436 g/mol. The van der Waals surface area contributed by atoms with Crippen LogP contribution in [0.3, 0.4) is 0 Å². The molecule has 32 heavy (non-hydrogen) atoms. The zero-order chi connectivity index (χ0) is 23.6. The molecule has 174 valence electrons. The summed E-state index contributed by atoms with van der Waals surface area (Å²) in [5.41, 5.74) is 1.88. The normalized spacial score (nSPS) is 11.8. The van der Waals surface area contributed by atoms with Crippen molar-refractivity contribution in [2.75, 3.05) is 33.2 Å². The monoisotopic (exact) mass is 464 g/mol. The Morgan fingerprint density at radius 1 is 1.06 bits per heavy atom. The summed E-state index contributed by atoms with van der Waals surface area (Å²) < 4.78 is 43.6. The van der Waals surface area contributed by atoms with E-state index in [9.17, 15) is 18.3 Å². The number of carboxylic acid groups (broad SMARTS) is 1. The van der Waals surface area contributed by atoms with Crippen LogP contribution >= 0.6 is 0 Å². The summed E-state index contributed by atoms with van der Waals surface area (Å²) >= 11 is 0. The van der Waals surface area contributed by atoms with E-state index in [1.807, 2.05) is 6.92 Å². The van der Waals surface area contributed by atoms with Gasteiger partial charge >= 0.3 is 16.1 Å². The third kappa shape index (κ3) is 8.60. The highest BCUT2D eigenvalue weighted by molar-refractivity contribution is 7.86. The largest absolute Gasteiger partial charge is 0.493 e. The number of carboxylic acids is 1. The van der Waals surface area contributed by atoms with Crippen LogP contribution in [0.25, 0.3) is 6.08 Å². The maximum atomic E-state index is 11.5. The van der Waals surface area contributed by atoms with Crippen LogP contribution < -0.4 is 13.7 Å². The lowest BCUT2D eigenvalue weighted by Gasteiger charge is -2.12. The van der Waals surface area contributed by atoms with Gasteiger partial charge in [-0.2, -0.15) is 8.42 Å². The first-order valence-electron chi connectivity index (χ1n) is 10.0. The molecule has 0 aromatic heterocycles. The molecule has 0 unspecified atom stereocenters. The van der Waals surface area contributed by atoms with Gasteiger partial charge in [0.25, 0.3) is 0 Å². The van der Waals surface area contributed by atoms with Crippen LogP contribution in [0.5, 0.6) is 17.2 Å². The molecule has 2 rings (SSSR count). The summed E-state index contributed by atoms with van der Waals surface area (Å²) in [4.78, 5) is 11.5. The summed E-state index contributed by atoms with van der Waals surface area (Å²) in [7, 11) is -2.04. The van der Waals surface area contributed by atoms with Crippen LogP contribution in [0.15, 0.2) is 48.0 Å². The fourth-order valence-electron chi connectivity index (χ4n) is 2.83. The smallest absolute Gasteiger partial charge is 0.331 e. The van der Waals surface area contributed by atoms with Gasteiger partial charge in [0.1, 0.15) is 5.75 Å². The molecule has 0 saturated carbocycles. The highest BCUT2D eigenvalue weighted by Gasteiger charge is 2.10. The van der Waals surface area contributed by atoms with E-state index in [1.165, 1.54) is 7.11 Å². The van der Waals surface area contributed by atoms with Crippen molar-refractivity contribution < 1.29 is 36.7 Å². The lowest BCUT2D eigenvalue weighted by molar-refractivity contribution is -0.132. The second-order valence-electron chi connectivity index (χ2n) is 6.86. The van der Waals surface area contributed by atoms with Crippen molar-refractivity contribution >= 4 is 22.2 Å². The van der Waals surface area contributed by atoms with E-state index in [0.29, 0.717) is 49.7 Å². The Morgan fingerprint density at radius 2 is 1.78 bits per heavy atom. The maximum absolute atomic E-state index is 11.5. The molecule has 0 atom stereocenters. The first-order valence-corrected chi connectivity index (χ1v) is 11.8. The molecule has 1 N–H and O–H groups in total. The maximum Gasteiger partial charge on any atom is 0.331 e. The highest BCUT2D eigenvalue weighted by Crippen LogP contribution is 2.29. The summed E-state index contributed by atoms with van der Waals surface area (Å²) in [6.45, 7) is 3.10. The Labute approximate surface area is 188 Å². The number of methoxy groups -OCH3 is 1. The topological polar surface area (TPSA) is 108 Å². The average Bonchev–Trinajstić information content (AvgIpc) is 2.74. The molecule has 0 bridgehead atoms. The second kappa shape index (κ2) is 12.1. The molecular formula is C23H28O8S. The van der Waals surface area contributed by atoms with Crippen molar-refractivity contribution in [3.8, 4) is 17.2 Å². The van der Waals surface area contributed by atoms with Crippen molar-refractivity contribution in [3.63, 3.8) is 0 Å². The van der Waals surface area contributed by atoms with Crippen LogP contribution in [0.2, 0.25) is 0 Å². The summed E-state index contributed by atoms with van der Waals surface area (Å²) in [5, 5.41) is 9.39. The van der Waals surface area contributed by atoms with Gasteiger partial charge in [-0.15, -0.1) is 0 Å². The number of benzene rings is 2. The number of hydrogen-bond donors (Lipinski definition) is 1. The number of carbonyl (C=O) groups is 1. The standard InChI is InChI=1S/C23H28O8S/c1-4-29-13-12-19(23(24)25)15-18-7-10-21(22(16-18)28-2)30-14-11-17-5-8-20(9-6-17)31-32(3,26)27/h5-10,15-16H,4,11-14H2,1-3H3,(H,24,25). The first kappa shape index (κ1) is 25.2. The van der Waals surface area contributed by atoms with Gasteiger partial charge in [0.15, 0.2) is 11.5 Å². The molecule has 9 heteroatoms. The van der Waals surface area contributed by atoms with Crippen LogP contribution in [-0.4, -0.2) is 52.7 Å². The average molecular weight is 465 g/mol. The number of aliphatic carboxylic acids is 1. The van der Waals surface area contributed by atoms with Crippen LogP contribution in [0.1, 0.15) is 24.5 Å².